The summed E-state index contributed by atoms with van der Waals surface area (Å²) in [6, 6.07) is 6.90. The number of carboxylic acid groups (broad SMARTS) is 2. The van der Waals surface area contributed by atoms with Gasteiger partial charge in [0.15, 0.2) is 0 Å². The molecule has 1 aromatic carbocycles. The van der Waals surface area contributed by atoms with E-state index >= 15 is 0 Å². The van der Waals surface area contributed by atoms with Gasteiger partial charge in [-0.1, -0.05) is 12.1 Å². The molecule has 4 rings (SSSR count). The van der Waals surface area contributed by atoms with Gasteiger partial charge in [-0.25, -0.2) is 14.0 Å². The number of carbonyl (C=O) groups is 2. The molecule has 0 saturated carbocycles. The van der Waals surface area contributed by atoms with E-state index in [-0.39, 0.29) is 11.9 Å². The highest BCUT2D eigenvalue weighted by atomic mass is 19.4. The summed E-state index contributed by atoms with van der Waals surface area (Å²) in [5.41, 5.74) is 2.28. The molecule has 1 aromatic heterocycles. The largest absolute Gasteiger partial charge is 0.490 e. The first-order valence-electron chi connectivity index (χ1n) is 11.4. The Morgan fingerprint density at radius 1 is 0.974 bits per heavy atom. The number of alkyl halides is 6. The Kier molecular flexibility index (Phi) is 11.2. The highest BCUT2D eigenvalue weighted by Gasteiger charge is 2.39. The summed E-state index contributed by atoms with van der Waals surface area (Å²) in [5.74, 6) is -5.17. The molecule has 2 N–H and O–H groups in total. The SMILES string of the molecule is Cn1cc(CN2CCO[C@@H]3CN(Cc4cccc(F)c4)C[C@@H]3C2)cn1.O=C(O)C(F)(F)F.O=C(O)C(F)(F)F. The molecule has 0 amide bonds. The van der Waals surface area contributed by atoms with Crippen LogP contribution in [0.25, 0.3) is 0 Å². The molecule has 9 nitrogen and oxygen atoms in total. The van der Waals surface area contributed by atoms with E-state index in [0.717, 1.165) is 51.4 Å². The van der Waals surface area contributed by atoms with Crippen LogP contribution in [-0.4, -0.2) is 93.0 Å². The Bertz CT molecular complexity index is 1070. The first-order valence-corrected chi connectivity index (χ1v) is 11.4. The fourth-order valence-corrected chi connectivity index (χ4v) is 4.03. The first kappa shape index (κ1) is 32.0. The minimum atomic E-state index is -5.08. The van der Waals surface area contributed by atoms with Crippen molar-refractivity contribution in [1.82, 2.24) is 19.6 Å². The number of aromatic nitrogens is 2. The lowest BCUT2D eigenvalue weighted by Gasteiger charge is -2.22. The van der Waals surface area contributed by atoms with Crippen molar-refractivity contribution in [3.63, 3.8) is 0 Å². The predicted molar refractivity (Wildman–Crippen MR) is 121 cm³/mol. The quantitative estimate of drug-likeness (QED) is 0.539. The van der Waals surface area contributed by atoms with Crippen molar-refractivity contribution in [2.24, 2.45) is 13.0 Å². The van der Waals surface area contributed by atoms with E-state index in [2.05, 4.69) is 21.1 Å². The van der Waals surface area contributed by atoms with E-state index in [9.17, 15) is 30.7 Å². The molecule has 3 heterocycles. The van der Waals surface area contributed by atoms with Gasteiger partial charge >= 0.3 is 24.3 Å². The number of halogens is 7. The lowest BCUT2D eigenvalue weighted by molar-refractivity contribution is -0.193. The standard InChI is InChI=1S/C19H25FN4O.2C2HF3O2/c1-22-9-16(8-21-22)11-23-5-6-25-19-14-24(13-17(19)12-23)10-15-3-2-4-18(20)7-15;2*3-2(4,5)1(6)7/h2-4,7-9,17,19H,5-6,10-14H2,1H3;2*(H,6,7)/t17-,19+;;/m0../s1. The number of likely N-dealkylation sites (tertiary alicyclic amines) is 1. The van der Waals surface area contributed by atoms with Crippen molar-refractivity contribution < 1.29 is 55.3 Å². The summed E-state index contributed by atoms with van der Waals surface area (Å²) in [6.07, 6.45) is -5.87. The van der Waals surface area contributed by atoms with Gasteiger partial charge in [-0.15, -0.1) is 0 Å². The average Bonchev–Trinajstić information content (AvgIpc) is 3.33. The van der Waals surface area contributed by atoms with E-state index in [0.29, 0.717) is 5.92 Å². The third-order valence-electron chi connectivity index (χ3n) is 5.63. The van der Waals surface area contributed by atoms with Crippen LogP contribution in [0.2, 0.25) is 0 Å². The van der Waals surface area contributed by atoms with Gasteiger partial charge in [0.05, 0.1) is 18.9 Å². The third-order valence-corrected chi connectivity index (χ3v) is 5.63. The fraction of sp³-hybridized carbons (Fsp3) is 0.522. The number of benzene rings is 1. The molecule has 2 atom stereocenters. The molecule has 2 aliphatic heterocycles. The molecule has 0 spiro atoms. The van der Waals surface area contributed by atoms with Crippen molar-refractivity contribution in [1.29, 1.82) is 0 Å². The van der Waals surface area contributed by atoms with Gasteiger partial charge in [0.2, 0.25) is 0 Å². The predicted octanol–water partition coefficient (Wildman–Crippen LogP) is 3.16. The van der Waals surface area contributed by atoms with Crippen LogP contribution >= 0.6 is 0 Å². The Labute approximate surface area is 218 Å². The summed E-state index contributed by atoms with van der Waals surface area (Å²) in [4.78, 5) is 22.6. The summed E-state index contributed by atoms with van der Waals surface area (Å²) < 4.78 is 84.8. The Hall–Kier alpha value is -3.24. The number of fused-ring (bicyclic) bond motifs is 1. The number of ether oxygens (including phenoxy) is 1. The van der Waals surface area contributed by atoms with Crippen molar-refractivity contribution in [2.75, 3.05) is 32.8 Å². The molecule has 0 bridgehead atoms. The van der Waals surface area contributed by atoms with Crippen molar-refractivity contribution in [2.45, 2.75) is 31.5 Å². The molecule has 16 heteroatoms. The number of aliphatic carboxylic acids is 2. The minimum absolute atomic E-state index is 0.162. The number of aryl methyl sites for hydroxylation is 1. The number of hydrogen-bond acceptors (Lipinski definition) is 6. The van der Waals surface area contributed by atoms with Crippen LogP contribution in [0, 0.1) is 11.7 Å². The molecule has 0 radical (unpaired) electrons. The summed E-state index contributed by atoms with van der Waals surface area (Å²) >= 11 is 0. The van der Waals surface area contributed by atoms with Crippen LogP contribution in [-0.2, 0) is 34.5 Å². The Morgan fingerprint density at radius 2 is 1.54 bits per heavy atom. The summed E-state index contributed by atoms with van der Waals surface area (Å²) in [7, 11) is 1.95. The second kappa shape index (κ2) is 13.7. The molecular weight excluding hydrogens is 545 g/mol. The lowest BCUT2D eigenvalue weighted by atomic mass is 10.1. The summed E-state index contributed by atoms with van der Waals surface area (Å²) in [5, 5.41) is 18.5. The van der Waals surface area contributed by atoms with Gasteiger partial charge in [-0.2, -0.15) is 31.4 Å². The molecule has 218 valence electrons. The topological polar surface area (TPSA) is 108 Å². The maximum absolute atomic E-state index is 13.4. The molecule has 0 unspecified atom stereocenters. The molecule has 2 fully saturated rings. The highest BCUT2D eigenvalue weighted by molar-refractivity contribution is 5.73. The molecule has 0 aliphatic carbocycles. The number of hydrogen-bond donors (Lipinski definition) is 2. The average molecular weight is 572 g/mol. The highest BCUT2D eigenvalue weighted by Crippen LogP contribution is 2.26. The Morgan fingerprint density at radius 3 is 2.05 bits per heavy atom. The zero-order valence-corrected chi connectivity index (χ0v) is 20.6. The van der Waals surface area contributed by atoms with Crippen LogP contribution in [0.4, 0.5) is 30.7 Å². The number of carboxylic acids is 2. The van der Waals surface area contributed by atoms with E-state index < -0.39 is 24.3 Å². The molecular formula is C23H27F7N4O5. The zero-order valence-electron chi connectivity index (χ0n) is 20.6. The smallest absolute Gasteiger partial charge is 0.475 e. The van der Waals surface area contributed by atoms with Crippen molar-refractivity contribution in [3.8, 4) is 0 Å². The number of nitrogens with zero attached hydrogens (tertiary/aromatic N) is 4. The van der Waals surface area contributed by atoms with E-state index in [1.54, 1.807) is 12.1 Å². The van der Waals surface area contributed by atoms with E-state index in [1.807, 2.05) is 24.0 Å². The maximum atomic E-state index is 13.4. The minimum Gasteiger partial charge on any atom is -0.475 e. The molecule has 2 saturated heterocycles. The van der Waals surface area contributed by atoms with Gasteiger partial charge in [0.1, 0.15) is 5.82 Å². The lowest BCUT2D eigenvalue weighted by Crippen LogP contribution is -2.32. The summed E-state index contributed by atoms with van der Waals surface area (Å²) in [6.45, 7) is 6.42. The van der Waals surface area contributed by atoms with Crippen LogP contribution in [0.5, 0.6) is 0 Å². The van der Waals surface area contributed by atoms with Gasteiger partial charge < -0.3 is 14.9 Å². The van der Waals surface area contributed by atoms with Gasteiger partial charge in [-0.05, 0) is 17.7 Å². The third kappa shape index (κ3) is 11.2. The monoisotopic (exact) mass is 572 g/mol. The van der Waals surface area contributed by atoms with Gasteiger partial charge in [-0.3, -0.25) is 14.5 Å². The fourth-order valence-electron chi connectivity index (χ4n) is 4.03. The first-order chi connectivity index (χ1) is 18.0. The molecule has 39 heavy (non-hydrogen) atoms. The van der Waals surface area contributed by atoms with Crippen molar-refractivity contribution in [3.05, 3.63) is 53.6 Å². The maximum Gasteiger partial charge on any atom is 0.490 e. The molecule has 2 aliphatic rings. The van der Waals surface area contributed by atoms with Gasteiger partial charge in [0.25, 0.3) is 0 Å². The van der Waals surface area contributed by atoms with Crippen molar-refractivity contribution >= 4 is 11.9 Å². The van der Waals surface area contributed by atoms with Crippen LogP contribution in [0.15, 0.2) is 36.7 Å². The van der Waals surface area contributed by atoms with E-state index in [1.165, 1.54) is 11.6 Å². The second-order valence-corrected chi connectivity index (χ2v) is 8.86. The van der Waals surface area contributed by atoms with E-state index in [4.69, 9.17) is 24.5 Å². The second-order valence-electron chi connectivity index (χ2n) is 8.86. The normalized spacial score (nSPS) is 20.1. The number of rotatable bonds is 4. The van der Waals surface area contributed by atoms with Crippen LogP contribution in [0.3, 0.4) is 0 Å². The zero-order chi connectivity index (χ0) is 29.4. The van der Waals surface area contributed by atoms with Crippen LogP contribution < -0.4 is 0 Å². The van der Waals surface area contributed by atoms with Crippen LogP contribution in [0.1, 0.15) is 11.1 Å². The van der Waals surface area contributed by atoms with Gasteiger partial charge in [0, 0.05) is 64.0 Å². The molecule has 2 aromatic rings. The Balaban J connectivity index is 0.000000317.